The second-order valence-electron chi connectivity index (χ2n) is 3.59. The summed E-state index contributed by atoms with van der Waals surface area (Å²) in [5, 5.41) is 15.2. The van der Waals surface area contributed by atoms with Crippen LogP contribution in [0.5, 0.6) is 0 Å². The Morgan fingerprint density at radius 3 is 2.78 bits per heavy atom. The number of hydrogen-bond donors (Lipinski definition) is 2. The fraction of sp³-hybridized carbons (Fsp3) is 0.0909. The molecule has 0 aliphatic carbocycles. The van der Waals surface area contributed by atoms with Crippen molar-refractivity contribution in [3.05, 3.63) is 41.9 Å². The van der Waals surface area contributed by atoms with Gasteiger partial charge in [-0.3, -0.25) is 9.48 Å². The van der Waals surface area contributed by atoms with Crippen molar-refractivity contribution in [1.29, 1.82) is 0 Å². The third-order valence-corrected chi connectivity index (χ3v) is 2.22. The van der Waals surface area contributed by atoms with Crippen molar-refractivity contribution in [1.82, 2.24) is 14.8 Å². The predicted octanol–water partition coefficient (Wildman–Crippen LogP) is 0.766. The minimum atomic E-state index is -1.07. The first kappa shape index (κ1) is 11.8. The fourth-order valence-electron chi connectivity index (χ4n) is 1.36. The molecular formula is C11H10N4O3. The van der Waals surface area contributed by atoms with Crippen molar-refractivity contribution in [2.75, 3.05) is 5.32 Å². The summed E-state index contributed by atoms with van der Waals surface area (Å²) in [6.45, 7) is 0. The van der Waals surface area contributed by atoms with Crippen LogP contribution in [-0.4, -0.2) is 31.7 Å². The summed E-state index contributed by atoms with van der Waals surface area (Å²) < 4.78 is 1.50. The predicted molar refractivity (Wildman–Crippen MR) is 62.4 cm³/mol. The molecule has 0 saturated heterocycles. The quantitative estimate of drug-likeness (QED) is 0.833. The van der Waals surface area contributed by atoms with Gasteiger partial charge in [-0.25, -0.2) is 9.78 Å². The first-order chi connectivity index (χ1) is 8.56. The molecule has 2 aromatic heterocycles. The highest BCUT2D eigenvalue weighted by Gasteiger charge is 2.10. The molecule has 0 aromatic carbocycles. The van der Waals surface area contributed by atoms with E-state index in [9.17, 15) is 9.59 Å². The summed E-state index contributed by atoms with van der Waals surface area (Å²) in [7, 11) is 1.69. The maximum atomic E-state index is 11.8. The standard InChI is InChI=1S/C11H10N4O3/c1-15-6-8(5-13-15)10(16)14-9-4-7(11(17)18)2-3-12-9/h2-6H,1H3,(H,17,18)(H,12,14,16). The molecule has 92 valence electrons. The summed E-state index contributed by atoms with van der Waals surface area (Å²) >= 11 is 0. The van der Waals surface area contributed by atoms with Crippen LogP contribution in [-0.2, 0) is 7.05 Å². The lowest BCUT2D eigenvalue weighted by Gasteiger charge is -2.03. The van der Waals surface area contributed by atoms with Crippen LogP contribution in [0.15, 0.2) is 30.7 Å². The molecule has 7 heteroatoms. The van der Waals surface area contributed by atoms with E-state index in [1.807, 2.05) is 0 Å². The highest BCUT2D eigenvalue weighted by molar-refractivity contribution is 6.03. The van der Waals surface area contributed by atoms with Gasteiger partial charge in [-0.05, 0) is 12.1 Å². The molecule has 0 fully saturated rings. The highest BCUT2D eigenvalue weighted by atomic mass is 16.4. The van der Waals surface area contributed by atoms with Crippen LogP contribution in [0.1, 0.15) is 20.7 Å². The molecule has 1 amide bonds. The van der Waals surface area contributed by atoms with Crippen molar-refractivity contribution in [2.45, 2.75) is 0 Å². The molecule has 0 unspecified atom stereocenters. The summed E-state index contributed by atoms with van der Waals surface area (Å²) in [6.07, 6.45) is 4.29. The fourth-order valence-corrected chi connectivity index (χ4v) is 1.36. The summed E-state index contributed by atoms with van der Waals surface area (Å²) in [6, 6.07) is 2.64. The lowest BCUT2D eigenvalue weighted by atomic mass is 10.2. The van der Waals surface area contributed by atoms with E-state index >= 15 is 0 Å². The number of nitrogens with one attached hydrogen (secondary N) is 1. The molecule has 7 nitrogen and oxygen atoms in total. The molecular weight excluding hydrogens is 236 g/mol. The zero-order chi connectivity index (χ0) is 13.1. The third kappa shape index (κ3) is 2.51. The molecule has 0 spiro atoms. The van der Waals surface area contributed by atoms with Crippen LogP contribution < -0.4 is 5.32 Å². The Bertz CT molecular complexity index is 606. The summed E-state index contributed by atoms with van der Waals surface area (Å²) in [4.78, 5) is 26.4. The third-order valence-electron chi connectivity index (χ3n) is 2.22. The number of aromatic carboxylic acids is 1. The van der Waals surface area contributed by atoms with Crippen molar-refractivity contribution in [2.24, 2.45) is 7.05 Å². The minimum Gasteiger partial charge on any atom is -0.478 e. The lowest BCUT2D eigenvalue weighted by Crippen LogP contribution is -2.12. The molecule has 0 bridgehead atoms. The molecule has 2 heterocycles. The van der Waals surface area contributed by atoms with E-state index in [1.165, 1.54) is 29.2 Å². The monoisotopic (exact) mass is 246 g/mol. The van der Waals surface area contributed by atoms with Gasteiger partial charge in [0.25, 0.3) is 5.91 Å². The topological polar surface area (TPSA) is 97.1 Å². The van der Waals surface area contributed by atoms with E-state index in [-0.39, 0.29) is 11.4 Å². The molecule has 2 aromatic rings. The number of amides is 1. The first-order valence-electron chi connectivity index (χ1n) is 5.05. The molecule has 0 saturated carbocycles. The van der Waals surface area contributed by atoms with Gasteiger partial charge >= 0.3 is 5.97 Å². The summed E-state index contributed by atoms with van der Waals surface area (Å²) in [5.74, 6) is -1.28. The van der Waals surface area contributed by atoms with Crippen LogP contribution in [0, 0.1) is 0 Å². The Kier molecular flexibility index (Phi) is 3.05. The maximum absolute atomic E-state index is 11.8. The average molecular weight is 246 g/mol. The van der Waals surface area contributed by atoms with Gasteiger partial charge in [-0.1, -0.05) is 0 Å². The van der Waals surface area contributed by atoms with E-state index in [0.29, 0.717) is 5.56 Å². The Balaban J connectivity index is 2.16. The van der Waals surface area contributed by atoms with Crippen LogP contribution in [0.3, 0.4) is 0 Å². The Morgan fingerprint density at radius 1 is 1.39 bits per heavy atom. The van der Waals surface area contributed by atoms with Crippen molar-refractivity contribution in [3.63, 3.8) is 0 Å². The average Bonchev–Trinajstić information content (AvgIpc) is 2.76. The Hall–Kier alpha value is -2.70. The van der Waals surface area contributed by atoms with Gasteiger partial charge in [0.15, 0.2) is 0 Å². The second-order valence-corrected chi connectivity index (χ2v) is 3.59. The van der Waals surface area contributed by atoms with Crippen LogP contribution in [0.25, 0.3) is 0 Å². The molecule has 2 rings (SSSR count). The maximum Gasteiger partial charge on any atom is 0.335 e. The second kappa shape index (κ2) is 4.66. The number of anilines is 1. The number of rotatable bonds is 3. The van der Waals surface area contributed by atoms with Gasteiger partial charge in [0, 0.05) is 19.4 Å². The largest absolute Gasteiger partial charge is 0.478 e. The van der Waals surface area contributed by atoms with Gasteiger partial charge < -0.3 is 10.4 Å². The SMILES string of the molecule is Cn1cc(C(=O)Nc2cc(C(=O)O)ccn2)cn1. The van der Waals surface area contributed by atoms with E-state index in [2.05, 4.69) is 15.4 Å². The molecule has 0 aliphatic rings. The van der Waals surface area contributed by atoms with E-state index in [4.69, 9.17) is 5.11 Å². The van der Waals surface area contributed by atoms with Gasteiger partial charge in [0.2, 0.25) is 0 Å². The normalized spacial score (nSPS) is 10.1. The van der Waals surface area contributed by atoms with Crippen molar-refractivity contribution in [3.8, 4) is 0 Å². The first-order valence-corrected chi connectivity index (χ1v) is 5.05. The molecule has 2 N–H and O–H groups in total. The zero-order valence-corrected chi connectivity index (χ0v) is 9.49. The molecule has 0 aliphatic heterocycles. The van der Waals surface area contributed by atoms with Gasteiger partial charge in [0.1, 0.15) is 5.82 Å². The minimum absolute atomic E-state index is 0.0616. The number of aryl methyl sites for hydroxylation is 1. The molecule has 0 radical (unpaired) electrons. The number of carboxylic acids is 1. The van der Waals surface area contributed by atoms with E-state index < -0.39 is 11.9 Å². The molecule has 0 atom stereocenters. The van der Waals surface area contributed by atoms with Crippen LogP contribution >= 0.6 is 0 Å². The number of nitrogens with zero attached hydrogens (tertiary/aromatic N) is 3. The van der Waals surface area contributed by atoms with E-state index in [1.54, 1.807) is 13.2 Å². The Morgan fingerprint density at radius 2 is 2.17 bits per heavy atom. The van der Waals surface area contributed by atoms with Crippen molar-refractivity contribution >= 4 is 17.7 Å². The number of carbonyl (C=O) groups excluding carboxylic acids is 1. The van der Waals surface area contributed by atoms with Crippen LogP contribution in [0.4, 0.5) is 5.82 Å². The number of carboxylic acid groups (broad SMARTS) is 1. The van der Waals surface area contributed by atoms with Gasteiger partial charge in [-0.15, -0.1) is 0 Å². The molecule has 18 heavy (non-hydrogen) atoms. The number of aromatic nitrogens is 3. The summed E-state index contributed by atoms with van der Waals surface area (Å²) in [5.41, 5.74) is 0.437. The van der Waals surface area contributed by atoms with Gasteiger partial charge in [0.05, 0.1) is 17.3 Å². The van der Waals surface area contributed by atoms with Gasteiger partial charge in [-0.2, -0.15) is 5.10 Å². The van der Waals surface area contributed by atoms with Crippen molar-refractivity contribution < 1.29 is 14.7 Å². The number of hydrogen-bond acceptors (Lipinski definition) is 4. The number of carbonyl (C=O) groups is 2. The Labute approximate surface area is 102 Å². The van der Waals surface area contributed by atoms with E-state index in [0.717, 1.165) is 0 Å². The van der Waals surface area contributed by atoms with Crippen LogP contribution in [0.2, 0.25) is 0 Å². The highest BCUT2D eigenvalue weighted by Crippen LogP contribution is 2.08. The smallest absolute Gasteiger partial charge is 0.335 e. The lowest BCUT2D eigenvalue weighted by molar-refractivity contribution is 0.0696. The number of pyridine rings is 1. The zero-order valence-electron chi connectivity index (χ0n) is 9.49.